The smallest absolute Gasteiger partial charge is 0.326 e. The predicted molar refractivity (Wildman–Crippen MR) is 112 cm³/mol. The molecule has 1 aromatic carbocycles. The molecule has 0 fully saturated rings. The third kappa shape index (κ3) is 3.61. The number of esters is 1. The molecule has 146 valence electrons. The van der Waals surface area contributed by atoms with E-state index >= 15 is 0 Å². The standard InChI is InChI=1S/C22H24N2O3S/c1-14(2)13-27-18(25)12-24-20(15-8-4-3-5-9-15)23-21-19(22(24)26)16-10-6-7-11-17(16)28-21/h3-5,8-9,14H,6-7,10-13H2,1-2H3. The van der Waals surface area contributed by atoms with Gasteiger partial charge >= 0.3 is 5.97 Å². The highest BCUT2D eigenvalue weighted by Gasteiger charge is 2.23. The second-order valence-electron chi connectivity index (χ2n) is 7.66. The molecule has 5 nitrogen and oxygen atoms in total. The SMILES string of the molecule is CC(C)COC(=O)Cn1c(-c2ccccc2)nc2sc3c(c2c1=O)CCCC3. The summed E-state index contributed by atoms with van der Waals surface area (Å²) >= 11 is 1.62. The monoisotopic (exact) mass is 396 g/mol. The zero-order valence-corrected chi connectivity index (χ0v) is 17.1. The molecule has 0 saturated carbocycles. The number of hydrogen-bond acceptors (Lipinski definition) is 5. The Morgan fingerprint density at radius 2 is 1.96 bits per heavy atom. The fraction of sp³-hybridized carbons (Fsp3) is 0.409. The van der Waals surface area contributed by atoms with Crippen LogP contribution in [0.3, 0.4) is 0 Å². The summed E-state index contributed by atoms with van der Waals surface area (Å²) in [6.07, 6.45) is 4.16. The van der Waals surface area contributed by atoms with Crippen LogP contribution in [0.4, 0.5) is 0 Å². The molecule has 0 aliphatic heterocycles. The van der Waals surface area contributed by atoms with Gasteiger partial charge in [0.05, 0.1) is 12.0 Å². The lowest BCUT2D eigenvalue weighted by Crippen LogP contribution is -2.28. The quantitative estimate of drug-likeness (QED) is 0.607. The lowest BCUT2D eigenvalue weighted by molar-refractivity contribution is -0.145. The second-order valence-corrected chi connectivity index (χ2v) is 8.74. The maximum Gasteiger partial charge on any atom is 0.326 e. The van der Waals surface area contributed by atoms with E-state index in [1.807, 2.05) is 44.2 Å². The van der Waals surface area contributed by atoms with Crippen LogP contribution in [-0.4, -0.2) is 22.1 Å². The van der Waals surface area contributed by atoms with Crippen molar-refractivity contribution in [3.05, 3.63) is 51.1 Å². The van der Waals surface area contributed by atoms with E-state index in [0.717, 1.165) is 41.6 Å². The lowest BCUT2D eigenvalue weighted by atomic mass is 9.97. The summed E-state index contributed by atoms with van der Waals surface area (Å²) in [5, 5.41) is 0.691. The predicted octanol–water partition coefficient (Wildman–Crippen LogP) is 4.20. The minimum Gasteiger partial charge on any atom is -0.464 e. The average Bonchev–Trinajstić information content (AvgIpc) is 3.07. The fourth-order valence-electron chi connectivity index (χ4n) is 3.63. The number of carbonyl (C=O) groups excluding carboxylic acids is 1. The Bertz CT molecular complexity index is 1070. The van der Waals surface area contributed by atoms with Crippen LogP contribution in [0.1, 0.15) is 37.1 Å². The van der Waals surface area contributed by atoms with Crippen molar-refractivity contribution in [1.29, 1.82) is 0 Å². The van der Waals surface area contributed by atoms with Gasteiger partial charge in [-0.05, 0) is 37.2 Å². The minimum absolute atomic E-state index is 0.122. The summed E-state index contributed by atoms with van der Waals surface area (Å²) in [7, 11) is 0. The van der Waals surface area contributed by atoms with Gasteiger partial charge in [0.1, 0.15) is 17.2 Å². The van der Waals surface area contributed by atoms with Crippen LogP contribution in [0.25, 0.3) is 21.6 Å². The Labute approximate surface area is 168 Å². The van der Waals surface area contributed by atoms with E-state index in [0.29, 0.717) is 17.8 Å². The van der Waals surface area contributed by atoms with Gasteiger partial charge in [-0.1, -0.05) is 44.2 Å². The van der Waals surface area contributed by atoms with E-state index < -0.39 is 5.97 Å². The van der Waals surface area contributed by atoms with Gasteiger partial charge in [0.2, 0.25) is 0 Å². The number of hydrogen-bond donors (Lipinski definition) is 0. The van der Waals surface area contributed by atoms with Crippen molar-refractivity contribution in [2.45, 2.75) is 46.1 Å². The molecule has 2 aromatic heterocycles. The number of ether oxygens (including phenoxy) is 1. The number of benzene rings is 1. The molecule has 0 N–H and O–H groups in total. The number of fused-ring (bicyclic) bond motifs is 3. The van der Waals surface area contributed by atoms with Gasteiger partial charge in [0, 0.05) is 10.4 Å². The topological polar surface area (TPSA) is 61.2 Å². The van der Waals surface area contributed by atoms with Gasteiger partial charge in [-0.3, -0.25) is 14.2 Å². The summed E-state index contributed by atoms with van der Waals surface area (Å²) in [6, 6.07) is 9.57. The minimum atomic E-state index is -0.404. The van der Waals surface area contributed by atoms with E-state index in [9.17, 15) is 9.59 Å². The first-order valence-corrected chi connectivity index (χ1v) is 10.6. The maximum atomic E-state index is 13.5. The number of aryl methyl sites for hydroxylation is 2. The highest BCUT2D eigenvalue weighted by Crippen LogP contribution is 2.34. The maximum absolute atomic E-state index is 13.5. The third-order valence-corrected chi connectivity index (χ3v) is 6.16. The van der Waals surface area contributed by atoms with Crippen molar-refractivity contribution in [3.8, 4) is 11.4 Å². The molecule has 0 saturated heterocycles. The second kappa shape index (κ2) is 7.87. The molecule has 0 bridgehead atoms. The van der Waals surface area contributed by atoms with E-state index in [1.54, 1.807) is 11.3 Å². The highest BCUT2D eigenvalue weighted by atomic mass is 32.1. The molecule has 1 aliphatic rings. The van der Waals surface area contributed by atoms with Crippen LogP contribution < -0.4 is 5.56 Å². The van der Waals surface area contributed by atoms with Gasteiger partial charge in [-0.25, -0.2) is 4.98 Å². The molecular weight excluding hydrogens is 372 g/mol. The zero-order valence-electron chi connectivity index (χ0n) is 16.2. The van der Waals surface area contributed by atoms with E-state index in [2.05, 4.69) is 0 Å². The number of carbonyl (C=O) groups is 1. The molecule has 0 spiro atoms. The van der Waals surface area contributed by atoms with E-state index in [4.69, 9.17) is 9.72 Å². The number of rotatable bonds is 5. The van der Waals surface area contributed by atoms with Crippen molar-refractivity contribution in [2.75, 3.05) is 6.61 Å². The molecule has 6 heteroatoms. The van der Waals surface area contributed by atoms with Crippen LogP contribution in [-0.2, 0) is 28.9 Å². The first-order valence-electron chi connectivity index (χ1n) is 9.80. The number of thiophene rings is 1. The van der Waals surface area contributed by atoms with E-state index in [-0.39, 0.29) is 18.0 Å². The summed E-state index contributed by atoms with van der Waals surface area (Å²) < 4.78 is 6.82. The first-order chi connectivity index (χ1) is 13.5. The zero-order chi connectivity index (χ0) is 19.7. The summed E-state index contributed by atoms with van der Waals surface area (Å²) in [5.41, 5.74) is 1.82. The molecule has 3 aromatic rings. The van der Waals surface area contributed by atoms with Gasteiger partial charge in [0.15, 0.2) is 0 Å². The third-order valence-electron chi connectivity index (χ3n) is 4.97. The molecule has 0 atom stereocenters. The Kier molecular flexibility index (Phi) is 5.31. The van der Waals surface area contributed by atoms with Crippen LogP contribution in [0.5, 0.6) is 0 Å². The van der Waals surface area contributed by atoms with Crippen molar-refractivity contribution < 1.29 is 9.53 Å². The van der Waals surface area contributed by atoms with Gasteiger partial charge in [0.25, 0.3) is 5.56 Å². The van der Waals surface area contributed by atoms with Gasteiger partial charge < -0.3 is 4.74 Å². The summed E-state index contributed by atoms with van der Waals surface area (Å²) in [4.78, 5) is 32.7. The number of aromatic nitrogens is 2. The van der Waals surface area contributed by atoms with Crippen molar-refractivity contribution in [3.63, 3.8) is 0 Å². The first kappa shape index (κ1) is 18.9. The van der Waals surface area contributed by atoms with Crippen molar-refractivity contribution >= 4 is 27.5 Å². The molecule has 0 amide bonds. The molecule has 0 radical (unpaired) electrons. The van der Waals surface area contributed by atoms with Gasteiger partial charge in [-0.15, -0.1) is 11.3 Å². The fourth-order valence-corrected chi connectivity index (χ4v) is 4.88. The molecule has 4 rings (SSSR count). The molecule has 0 unspecified atom stereocenters. The molecule has 1 aliphatic carbocycles. The van der Waals surface area contributed by atoms with Gasteiger partial charge in [-0.2, -0.15) is 0 Å². The molecular formula is C22H24N2O3S. The van der Waals surface area contributed by atoms with E-state index in [1.165, 1.54) is 9.44 Å². The van der Waals surface area contributed by atoms with Crippen LogP contribution in [0, 0.1) is 5.92 Å². The van der Waals surface area contributed by atoms with Crippen LogP contribution in [0.15, 0.2) is 35.1 Å². The summed E-state index contributed by atoms with van der Waals surface area (Å²) in [5.74, 6) is 0.371. The molecule has 2 heterocycles. The highest BCUT2D eigenvalue weighted by molar-refractivity contribution is 7.18. The largest absolute Gasteiger partial charge is 0.464 e. The Morgan fingerprint density at radius 1 is 1.21 bits per heavy atom. The van der Waals surface area contributed by atoms with Crippen LogP contribution in [0.2, 0.25) is 0 Å². The van der Waals surface area contributed by atoms with Crippen molar-refractivity contribution in [2.24, 2.45) is 5.92 Å². The Hall–Kier alpha value is -2.47. The summed E-state index contributed by atoms with van der Waals surface area (Å²) in [6.45, 7) is 4.20. The normalized spacial score (nSPS) is 13.7. The molecule has 28 heavy (non-hydrogen) atoms. The van der Waals surface area contributed by atoms with Crippen molar-refractivity contribution in [1.82, 2.24) is 9.55 Å². The average molecular weight is 397 g/mol. The lowest BCUT2D eigenvalue weighted by Gasteiger charge is -2.14. The van der Waals surface area contributed by atoms with Crippen LogP contribution >= 0.6 is 11.3 Å². The Morgan fingerprint density at radius 3 is 2.71 bits per heavy atom. The Balaban J connectivity index is 1.85. The number of nitrogens with zero attached hydrogens (tertiary/aromatic N) is 2.